The van der Waals surface area contributed by atoms with Gasteiger partial charge in [0.2, 0.25) is 0 Å². The maximum absolute atomic E-state index is 5.05. The topological polar surface area (TPSA) is 25.8 Å². The van der Waals surface area contributed by atoms with Gasteiger partial charge < -0.3 is 0 Å². The zero-order valence-corrected chi connectivity index (χ0v) is 17.6. The second-order valence-corrected chi connectivity index (χ2v) is 8.71. The molecular formula is C29H22N2. The summed E-state index contributed by atoms with van der Waals surface area (Å²) in [5, 5.41) is 1.10. The number of benzene rings is 4. The molecular weight excluding hydrogens is 376 g/mol. The predicted octanol–water partition coefficient (Wildman–Crippen LogP) is 7.27. The summed E-state index contributed by atoms with van der Waals surface area (Å²) in [6.45, 7) is 4.62. The van der Waals surface area contributed by atoms with Crippen LogP contribution in [0.25, 0.3) is 44.7 Å². The summed E-state index contributed by atoms with van der Waals surface area (Å²) >= 11 is 0. The second-order valence-electron chi connectivity index (χ2n) is 8.71. The van der Waals surface area contributed by atoms with Gasteiger partial charge in [-0.1, -0.05) is 98.8 Å². The molecule has 4 aromatic carbocycles. The Morgan fingerprint density at radius 3 is 1.97 bits per heavy atom. The van der Waals surface area contributed by atoms with Gasteiger partial charge in [-0.15, -0.1) is 0 Å². The number of hydrogen-bond acceptors (Lipinski definition) is 2. The molecule has 2 nitrogen and oxygen atoms in total. The first-order chi connectivity index (χ1) is 15.1. The van der Waals surface area contributed by atoms with E-state index in [4.69, 9.17) is 9.97 Å². The normalized spacial score (nSPS) is 13.7. The molecule has 1 aliphatic carbocycles. The van der Waals surface area contributed by atoms with Crippen LogP contribution in [-0.2, 0) is 5.41 Å². The molecule has 0 saturated carbocycles. The lowest BCUT2D eigenvalue weighted by atomic mass is 9.82. The van der Waals surface area contributed by atoms with Gasteiger partial charge in [-0.3, -0.25) is 0 Å². The lowest BCUT2D eigenvalue weighted by Gasteiger charge is -2.22. The Morgan fingerprint density at radius 1 is 0.581 bits per heavy atom. The summed E-state index contributed by atoms with van der Waals surface area (Å²) in [6, 6.07) is 34.0. The molecule has 0 spiro atoms. The minimum Gasteiger partial charge on any atom is -0.228 e. The van der Waals surface area contributed by atoms with Crippen LogP contribution in [0.2, 0.25) is 0 Å². The van der Waals surface area contributed by atoms with Crippen molar-refractivity contribution in [3.05, 3.63) is 108 Å². The van der Waals surface area contributed by atoms with E-state index in [0.717, 1.165) is 33.5 Å². The summed E-state index contributed by atoms with van der Waals surface area (Å²) in [4.78, 5) is 10.1. The maximum atomic E-state index is 5.05. The Hall–Kier alpha value is -3.78. The summed E-state index contributed by atoms with van der Waals surface area (Å²) in [7, 11) is 0. The Labute approximate surface area is 182 Å². The van der Waals surface area contributed by atoms with Crippen molar-refractivity contribution >= 4 is 10.9 Å². The molecule has 0 amide bonds. The molecule has 0 unspecified atom stereocenters. The molecule has 1 aliphatic rings. The molecule has 0 radical (unpaired) electrons. The third-order valence-corrected chi connectivity index (χ3v) is 6.48. The summed E-state index contributed by atoms with van der Waals surface area (Å²) in [6.07, 6.45) is 0. The molecule has 0 N–H and O–H groups in total. The SMILES string of the molecule is CC1(C)c2ccccc2-c2cc3nc(-c4ccccc4)nc(-c4ccccc4)c3cc21. The molecule has 1 heterocycles. The highest BCUT2D eigenvalue weighted by Crippen LogP contribution is 2.50. The smallest absolute Gasteiger partial charge is 0.160 e. The third kappa shape index (κ3) is 2.72. The minimum absolute atomic E-state index is 0.0494. The monoisotopic (exact) mass is 398 g/mol. The van der Waals surface area contributed by atoms with Gasteiger partial charge in [0, 0.05) is 21.9 Å². The van der Waals surface area contributed by atoms with Crippen molar-refractivity contribution in [1.82, 2.24) is 9.97 Å². The Kier molecular flexibility index (Phi) is 3.85. The maximum Gasteiger partial charge on any atom is 0.160 e. The number of nitrogens with zero attached hydrogens (tertiary/aromatic N) is 2. The molecule has 6 rings (SSSR count). The highest BCUT2D eigenvalue weighted by atomic mass is 14.9. The van der Waals surface area contributed by atoms with Crippen molar-refractivity contribution < 1.29 is 0 Å². The van der Waals surface area contributed by atoms with Gasteiger partial charge in [0.25, 0.3) is 0 Å². The third-order valence-electron chi connectivity index (χ3n) is 6.48. The number of aromatic nitrogens is 2. The van der Waals surface area contributed by atoms with E-state index in [2.05, 4.69) is 86.6 Å². The first-order valence-electron chi connectivity index (χ1n) is 10.7. The second kappa shape index (κ2) is 6.61. The largest absolute Gasteiger partial charge is 0.228 e. The Bertz CT molecular complexity index is 1430. The molecule has 2 heteroatoms. The minimum atomic E-state index is -0.0494. The lowest BCUT2D eigenvalue weighted by Crippen LogP contribution is -2.15. The summed E-state index contributed by atoms with van der Waals surface area (Å²) in [5.41, 5.74) is 9.37. The van der Waals surface area contributed by atoms with E-state index in [-0.39, 0.29) is 5.41 Å². The van der Waals surface area contributed by atoms with E-state index in [1.807, 2.05) is 24.3 Å². The quantitative estimate of drug-likeness (QED) is 0.312. The summed E-state index contributed by atoms with van der Waals surface area (Å²) < 4.78 is 0. The number of rotatable bonds is 2. The van der Waals surface area contributed by atoms with Gasteiger partial charge in [-0.2, -0.15) is 0 Å². The fourth-order valence-corrected chi connectivity index (χ4v) is 4.86. The van der Waals surface area contributed by atoms with Crippen LogP contribution in [0.5, 0.6) is 0 Å². The highest BCUT2D eigenvalue weighted by molar-refractivity contribution is 5.99. The van der Waals surface area contributed by atoms with Crippen LogP contribution in [0, 0.1) is 0 Å². The van der Waals surface area contributed by atoms with E-state index >= 15 is 0 Å². The highest BCUT2D eigenvalue weighted by Gasteiger charge is 2.35. The first-order valence-corrected chi connectivity index (χ1v) is 10.7. The van der Waals surface area contributed by atoms with Crippen molar-refractivity contribution in [3.8, 4) is 33.8 Å². The van der Waals surface area contributed by atoms with Crippen LogP contribution in [-0.4, -0.2) is 9.97 Å². The van der Waals surface area contributed by atoms with Gasteiger partial charge in [-0.25, -0.2) is 9.97 Å². The van der Waals surface area contributed by atoms with Gasteiger partial charge in [-0.05, 0) is 34.4 Å². The Morgan fingerprint density at radius 2 is 1.23 bits per heavy atom. The molecule has 31 heavy (non-hydrogen) atoms. The standard InChI is InChI=1S/C29H22N2/c1-29(2)24-16-10-9-15-21(24)22-18-26-23(17-25(22)29)27(19-11-5-3-6-12-19)31-28(30-26)20-13-7-4-8-14-20/h3-18H,1-2H3. The van der Waals surface area contributed by atoms with E-state index in [1.165, 1.54) is 22.3 Å². The van der Waals surface area contributed by atoms with Crippen molar-refractivity contribution in [2.75, 3.05) is 0 Å². The lowest BCUT2D eigenvalue weighted by molar-refractivity contribution is 0.661. The summed E-state index contributed by atoms with van der Waals surface area (Å²) in [5.74, 6) is 0.762. The van der Waals surface area contributed by atoms with E-state index in [0.29, 0.717) is 0 Å². The van der Waals surface area contributed by atoms with Crippen molar-refractivity contribution in [2.45, 2.75) is 19.3 Å². The van der Waals surface area contributed by atoms with E-state index in [9.17, 15) is 0 Å². The van der Waals surface area contributed by atoms with Gasteiger partial charge in [0.05, 0.1) is 11.2 Å². The van der Waals surface area contributed by atoms with E-state index < -0.39 is 0 Å². The van der Waals surface area contributed by atoms with Crippen molar-refractivity contribution in [2.24, 2.45) is 0 Å². The van der Waals surface area contributed by atoms with Crippen LogP contribution < -0.4 is 0 Å². The molecule has 148 valence electrons. The zero-order chi connectivity index (χ0) is 21.0. The molecule has 0 bridgehead atoms. The van der Waals surface area contributed by atoms with Crippen LogP contribution in [0.4, 0.5) is 0 Å². The van der Waals surface area contributed by atoms with Gasteiger partial charge in [0.15, 0.2) is 5.82 Å². The average Bonchev–Trinajstić information content (AvgIpc) is 3.05. The first kappa shape index (κ1) is 18.0. The zero-order valence-electron chi connectivity index (χ0n) is 17.6. The molecule has 1 aromatic heterocycles. The van der Waals surface area contributed by atoms with Crippen LogP contribution >= 0.6 is 0 Å². The van der Waals surface area contributed by atoms with E-state index in [1.54, 1.807) is 0 Å². The molecule has 5 aromatic rings. The fourth-order valence-electron chi connectivity index (χ4n) is 4.86. The average molecular weight is 399 g/mol. The fraction of sp³-hybridized carbons (Fsp3) is 0.103. The number of hydrogen-bond donors (Lipinski definition) is 0. The molecule has 0 atom stereocenters. The van der Waals surface area contributed by atoms with Crippen molar-refractivity contribution in [1.29, 1.82) is 0 Å². The Balaban J connectivity index is 1.70. The van der Waals surface area contributed by atoms with Gasteiger partial charge in [0.1, 0.15) is 0 Å². The van der Waals surface area contributed by atoms with Gasteiger partial charge >= 0.3 is 0 Å². The number of fused-ring (bicyclic) bond motifs is 4. The van der Waals surface area contributed by atoms with Crippen molar-refractivity contribution in [3.63, 3.8) is 0 Å². The van der Waals surface area contributed by atoms with Crippen LogP contribution in [0.3, 0.4) is 0 Å². The van der Waals surface area contributed by atoms with Crippen LogP contribution in [0.1, 0.15) is 25.0 Å². The molecule has 0 aliphatic heterocycles. The molecule has 0 saturated heterocycles. The molecule has 0 fully saturated rings. The predicted molar refractivity (Wildman–Crippen MR) is 128 cm³/mol. The van der Waals surface area contributed by atoms with Crippen LogP contribution in [0.15, 0.2) is 97.1 Å².